The lowest BCUT2D eigenvalue weighted by Gasteiger charge is -2.36. The van der Waals surface area contributed by atoms with Crippen molar-refractivity contribution in [2.24, 2.45) is 0 Å². The Balaban J connectivity index is 1.28. The molecule has 190 valence electrons. The van der Waals surface area contributed by atoms with Gasteiger partial charge in [0.05, 0.1) is 17.2 Å². The number of piperazine rings is 2. The second kappa shape index (κ2) is 10.8. The Hall–Kier alpha value is -2.83. The number of halogens is 4. The van der Waals surface area contributed by atoms with Crippen LogP contribution < -0.4 is 15.1 Å². The van der Waals surface area contributed by atoms with Crippen LogP contribution in [0.2, 0.25) is 5.02 Å². The summed E-state index contributed by atoms with van der Waals surface area (Å²) >= 11 is 5.64. The largest absolute Gasteiger partial charge is 0.417 e. The number of carbonyl (C=O) groups excluding carboxylic acids is 1. The van der Waals surface area contributed by atoms with Crippen molar-refractivity contribution >= 4 is 35.0 Å². The molecule has 3 heterocycles. The summed E-state index contributed by atoms with van der Waals surface area (Å²) in [7, 11) is 0. The quantitative estimate of drug-likeness (QED) is 0.635. The number of urea groups is 1. The fourth-order valence-electron chi connectivity index (χ4n) is 4.16. The zero-order chi connectivity index (χ0) is 25.0. The van der Waals surface area contributed by atoms with Gasteiger partial charge in [0.15, 0.2) is 11.6 Å². The van der Waals surface area contributed by atoms with E-state index in [2.05, 4.69) is 25.3 Å². The van der Waals surface area contributed by atoms with Crippen LogP contribution in [0.1, 0.15) is 5.56 Å². The summed E-state index contributed by atoms with van der Waals surface area (Å²) < 4.78 is 39.2. The molecule has 9 nitrogen and oxygen atoms in total. The molecule has 0 saturated carbocycles. The highest BCUT2D eigenvalue weighted by Crippen LogP contribution is 2.36. The summed E-state index contributed by atoms with van der Waals surface area (Å²) in [4.78, 5) is 20.5. The lowest BCUT2D eigenvalue weighted by molar-refractivity contribution is -0.137. The molecule has 13 heteroatoms. The van der Waals surface area contributed by atoms with Crippen molar-refractivity contribution in [2.45, 2.75) is 6.18 Å². The van der Waals surface area contributed by atoms with Gasteiger partial charge in [0.2, 0.25) is 0 Å². The van der Waals surface area contributed by atoms with Gasteiger partial charge >= 0.3 is 12.2 Å². The van der Waals surface area contributed by atoms with Crippen LogP contribution in [-0.2, 0) is 6.18 Å². The van der Waals surface area contributed by atoms with E-state index in [0.717, 1.165) is 44.1 Å². The third-order valence-corrected chi connectivity index (χ3v) is 6.49. The number of nitrogens with zero attached hydrogens (tertiary/aromatic N) is 6. The predicted molar refractivity (Wildman–Crippen MR) is 127 cm³/mol. The first-order chi connectivity index (χ1) is 16.7. The minimum absolute atomic E-state index is 0.0350. The second-order valence-corrected chi connectivity index (χ2v) is 8.81. The van der Waals surface area contributed by atoms with Crippen molar-refractivity contribution in [1.82, 2.24) is 20.0 Å². The van der Waals surface area contributed by atoms with Gasteiger partial charge in [-0.25, -0.2) is 4.79 Å². The SMILES string of the molecule is O=C(Nc1ccc(Cl)c(C(F)(F)F)c1)N1CCN(c2ccc(N3CCN(CCO)CC3)nn2)CC1. The van der Waals surface area contributed by atoms with E-state index in [4.69, 9.17) is 16.7 Å². The lowest BCUT2D eigenvalue weighted by atomic mass is 10.2. The van der Waals surface area contributed by atoms with E-state index >= 15 is 0 Å². The molecule has 1 aromatic carbocycles. The Morgan fingerprint density at radius 3 is 2.03 bits per heavy atom. The van der Waals surface area contributed by atoms with Gasteiger partial charge in [0, 0.05) is 64.6 Å². The molecule has 0 unspecified atom stereocenters. The molecule has 4 rings (SSSR count). The Morgan fingerprint density at radius 2 is 1.51 bits per heavy atom. The monoisotopic (exact) mass is 513 g/mol. The summed E-state index contributed by atoms with van der Waals surface area (Å²) in [5.74, 6) is 1.51. The molecule has 2 aliphatic rings. The Morgan fingerprint density at radius 1 is 0.943 bits per heavy atom. The first-order valence-corrected chi connectivity index (χ1v) is 11.7. The van der Waals surface area contributed by atoms with Gasteiger partial charge in [-0.15, -0.1) is 10.2 Å². The standard InChI is InChI=1S/C22H27ClF3N7O2/c23-18-2-1-16(15-17(18)22(24,25)26)27-21(35)33-11-9-32(10-12-33)20-4-3-19(28-29-20)31-7-5-30(6-8-31)13-14-34/h1-4,15,34H,5-14H2,(H,27,35). The van der Waals surface area contributed by atoms with E-state index < -0.39 is 22.8 Å². The minimum atomic E-state index is -4.60. The van der Waals surface area contributed by atoms with Crippen molar-refractivity contribution in [3.05, 3.63) is 40.9 Å². The molecule has 0 bridgehead atoms. The minimum Gasteiger partial charge on any atom is -0.395 e. The number of β-amino-alcohol motifs (C(OH)–C–C–N with tert-alkyl or cyclic N) is 1. The fourth-order valence-corrected chi connectivity index (χ4v) is 4.38. The maximum absolute atomic E-state index is 13.1. The summed E-state index contributed by atoms with van der Waals surface area (Å²) in [5, 5.41) is 19.9. The third kappa shape index (κ3) is 6.24. The van der Waals surface area contributed by atoms with Gasteiger partial charge in [0.1, 0.15) is 0 Å². The maximum atomic E-state index is 13.1. The number of benzene rings is 1. The van der Waals surface area contributed by atoms with Gasteiger partial charge in [-0.2, -0.15) is 13.2 Å². The molecular weight excluding hydrogens is 487 g/mol. The van der Waals surface area contributed by atoms with Crippen molar-refractivity contribution < 1.29 is 23.1 Å². The molecule has 2 N–H and O–H groups in total. The zero-order valence-corrected chi connectivity index (χ0v) is 19.8. The van der Waals surface area contributed by atoms with Crippen LogP contribution in [0.3, 0.4) is 0 Å². The average molecular weight is 514 g/mol. The first-order valence-electron chi connectivity index (χ1n) is 11.3. The predicted octanol–water partition coefficient (Wildman–Crippen LogP) is 2.62. The Bertz CT molecular complexity index is 1010. The van der Waals surface area contributed by atoms with Crippen molar-refractivity contribution in [3.63, 3.8) is 0 Å². The summed E-state index contributed by atoms with van der Waals surface area (Å²) in [6, 6.07) is 6.67. The number of alkyl halides is 3. The number of amides is 2. The number of carbonyl (C=O) groups is 1. The summed E-state index contributed by atoms with van der Waals surface area (Å²) in [6.07, 6.45) is -4.60. The van der Waals surface area contributed by atoms with Gasteiger partial charge in [0.25, 0.3) is 0 Å². The normalized spacial score (nSPS) is 17.6. The van der Waals surface area contributed by atoms with E-state index in [1.54, 1.807) is 4.90 Å². The first kappa shape index (κ1) is 25.3. The molecule has 0 spiro atoms. The van der Waals surface area contributed by atoms with E-state index in [-0.39, 0.29) is 12.3 Å². The summed E-state index contributed by atoms with van der Waals surface area (Å²) in [5.41, 5.74) is -0.955. The van der Waals surface area contributed by atoms with Crippen LogP contribution in [0.25, 0.3) is 0 Å². The van der Waals surface area contributed by atoms with Crippen LogP contribution in [0.4, 0.5) is 35.3 Å². The molecule has 2 aromatic rings. The highest BCUT2D eigenvalue weighted by Gasteiger charge is 2.33. The molecule has 0 radical (unpaired) electrons. The van der Waals surface area contributed by atoms with Crippen molar-refractivity contribution in [1.29, 1.82) is 0 Å². The molecule has 2 saturated heterocycles. The zero-order valence-electron chi connectivity index (χ0n) is 19.0. The number of nitrogens with one attached hydrogen (secondary N) is 1. The van der Waals surface area contributed by atoms with Crippen molar-refractivity contribution in [3.8, 4) is 0 Å². The van der Waals surface area contributed by atoms with E-state index in [9.17, 15) is 18.0 Å². The highest BCUT2D eigenvalue weighted by molar-refractivity contribution is 6.31. The average Bonchev–Trinajstić information content (AvgIpc) is 2.85. The number of aromatic nitrogens is 2. The lowest BCUT2D eigenvalue weighted by Crippen LogP contribution is -2.50. The van der Waals surface area contributed by atoms with Crippen LogP contribution in [-0.4, -0.2) is 96.6 Å². The number of anilines is 3. The smallest absolute Gasteiger partial charge is 0.395 e. The van der Waals surface area contributed by atoms with E-state index in [1.807, 2.05) is 17.0 Å². The molecular formula is C22H27ClF3N7O2. The molecule has 0 atom stereocenters. The number of aliphatic hydroxyl groups is 1. The summed E-state index contributed by atoms with van der Waals surface area (Å²) in [6.45, 7) is 6.03. The molecule has 2 fully saturated rings. The van der Waals surface area contributed by atoms with E-state index in [1.165, 1.54) is 6.07 Å². The molecule has 35 heavy (non-hydrogen) atoms. The maximum Gasteiger partial charge on any atom is 0.417 e. The Kier molecular flexibility index (Phi) is 7.82. The number of aliphatic hydroxyl groups excluding tert-OH is 1. The molecule has 2 aliphatic heterocycles. The number of hydrogen-bond acceptors (Lipinski definition) is 7. The van der Waals surface area contributed by atoms with E-state index in [0.29, 0.717) is 38.5 Å². The molecule has 2 amide bonds. The van der Waals surface area contributed by atoms with Gasteiger partial charge in [-0.3, -0.25) is 4.90 Å². The molecule has 1 aromatic heterocycles. The van der Waals surface area contributed by atoms with Gasteiger partial charge in [-0.05, 0) is 30.3 Å². The van der Waals surface area contributed by atoms with Crippen LogP contribution in [0, 0.1) is 0 Å². The highest BCUT2D eigenvalue weighted by atomic mass is 35.5. The van der Waals surface area contributed by atoms with Gasteiger partial charge < -0.3 is 25.1 Å². The fraction of sp³-hybridized carbons (Fsp3) is 0.500. The van der Waals surface area contributed by atoms with Crippen LogP contribution >= 0.6 is 11.6 Å². The second-order valence-electron chi connectivity index (χ2n) is 8.40. The van der Waals surface area contributed by atoms with Gasteiger partial charge in [-0.1, -0.05) is 11.6 Å². The third-order valence-electron chi connectivity index (χ3n) is 6.16. The van der Waals surface area contributed by atoms with Crippen molar-refractivity contribution in [2.75, 3.05) is 80.6 Å². The molecule has 0 aliphatic carbocycles. The number of hydrogen-bond donors (Lipinski definition) is 2. The number of rotatable bonds is 5. The van der Waals surface area contributed by atoms with Crippen LogP contribution in [0.5, 0.6) is 0 Å². The Labute approximate surface area is 206 Å². The van der Waals surface area contributed by atoms with Crippen LogP contribution in [0.15, 0.2) is 30.3 Å². The topological polar surface area (TPSA) is 88.1 Å².